The molecule has 82 valence electrons. The van der Waals surface area contributed by atoms with E-state index in [1.54, 1.807) is 41.2 Å². The number of nitro groups is 1. The maximum Gasteiger partial charge on any atom is 0.269 e. The van der Waals surface area contributed by atoms with Crippen LogP contribution in [0.1, 0.15) is 11.8 Å². The number of aromatic nitrogens is 1. The van der Waals surface area contributed by atoms with E-state index in [0.29, 0.717) is 5.56 Å². The van der Waals surface area contributed by atoms with E-state index in [-0.39, 0.29) is 5.69 Å². The molecule has 1 aromatic carbocycles. The highest BCUT2D eigenvalue weighted by atomic mass is 16.6. The van der Waals surface area contributed by atoms with Gasteiger partial charge in [-0.25, -0.2) is 0 Å². The second-order valence-electron chi connectivity index (χ2n) is 3.35. The van der Waals surface area contributed by atoms with Gasteiger partial charge in [0.15, 0.2) is 6.23 Å². The average Bonchev–Trinajstić information content (AvgIpc) is 2.81. The van der Waals surface area contributed by atoms with Crippen molar-refractivity contribution in [3.05, 3.63) is 64.5 Å². The van der Waals surface area contributed by atoms with Gasteiger partial charge < -0.3 is 9.67 Å². The molecule has 1 unspecified atom stereocenters. The standard InChI is InChI=1S/C11H10N2O3/c14-11(12-7-1-2-8-12)9-3-5-10(6-4-9)13(15)16/h1-8,11,14H. The Kier molecular flexibility index (Phi) is 2.70. The molecule has 1 atom stereocenters. The molecule has 0 radical (unpaired) electrons. The van der Waals surface area contributed by atoms with Crippen molar-refractivity contribution in [2.75, 3.05) is 0 Å². The third-order valence-electron chi connectivity index (χ3n) is 2.31. The van der Waals surface area contributed by atoms with E-state index in [2.05, 4.69) is 0 Å². The van der Waals surface area contributed by atoms with Gasteiger partial charge in [0, 0.05) is 30.1 Å². The number of rotatable bonds is 3. The van der Waals surface area contributed by atoms with E-state index in [4.69, 9.17) is 0 Å². The van der Waals surface area contributed by atoms with Gasteiger partial charge in [0.2, 0.25) is 0 Å². The Morgan fingerprint density at radius 3 is 2.25 bits per heavy atom. The van der Waals surface area contributed by atoms with Gasteiger partial charge in [-0.1, -0.05) is 0 Å². The molecular formula is C11H10N2O3. The Hall–Kier alpha value is -2.14. The maximum atomic E-state index is 10.4. The highest BCUT2D eigenvalue weighted by Gasteiger charge is 2.10. The number of benzene rings is 1. The lowest BCUT2D eigenvalue weighted by Gasteiger charge is -2.12. The van der Waals surface area contributed by atoms with Crippen LogP contribution in [0.15, 0.2) is 48.8 Å². The van der Waals surface area contributed by atoms with Crippen LogP contribution in [-0.2, 0) is 0 Å². The largest absolute Gasteiger partial charge is 0.369 e. The summed E-state index contributed by atoms with van der Waals surface area (Å²) in [5.41, 5.74) is 0.630. The molecule has 5 heteroatoms. The minimum absolute atomic E-state index is 0.0171. The first-order valence-corrected chi connectivity index (χ1v) is 4.73. The van der Waals surface area contributed by atoms with Crippen molar-refractivity contribution in [2.24, 2.45) is 0 Å². The molecule has 1 aromatic heterocycles. The summed E-state index contributed by atoms with van der Waals surface area (Å²) < 4.78 is 1.61. The summed E-state index contributed by atoms with van der Waals surface area (Å²) in [5.74, 6) is 0. The quantitative estimate of drug-likeness (QED) is 0.632. The molecule has 0 fully saturated rings. The van der Waals surface area contributed by atoms with Gasteiger partial charge in [-0.05, 0) is 24.3 Å². The first-order valence-electron chi connectivity index (χ1n) is 4.73. The van der Waals surface area contributed by atoms with Crippen LogP contribution >= 0.6 is 0 Å². The zero-order valence-electron chi connectivity index (χ0n) is 8.35. The summed E-state index contributed by atoms with van der Waals surface area (Å²) in [7, 11) is 0. The fourth-order valence-electron chi connectivity index (χ4n) is 1.45. The molecular weight excluding hydrogens is 208 g/mol. The second-order valence-corrected chi connectivity index (χ2v) is 3.35. The second kappa shape index (κ2) is 4.16. The smallest absolute Gasteiger partial charge is 0.269 e. The van der Waals surface area contributed by atoms with Gasteiger partial charge in [0.05, 0.1) is 4.92 Å². The highest BCUT2D eigenvalue weighted by molar-refractivity contribution is 5.33. The van der Waals surface area contributed by atoms with E-state index in [0.717, 1.165) is 0 Å². The monoisotopic (exact) mass is 218 g/mol. The predicted molar refractivity (Wildman–Crippen MR) is 57.9 cm³/mol. The Balaban J connectivity index is 2.25. The molecule has 1 heterocycles. The molecule has 5 nitrogen and oxygen atoms in total. The van der Waals surface area contributed by atoms with Crippen LogP contribution in [0.25, 0.3) is 0 Å². The SMILES string of the molecule is O=[N+]([O-])c1ccc(C(O)n2cccc2)cc1. The van der Waals surface area contributed by atoms with Crippen molar-refractivity contribution >= 4 is 5.69 Å². The molecule has 0 aliphatic rings. The fraction of sp³-hybridized carbons (Fsp3) is 0.0909. The van der Waals surface area contributed by atoms with Crippen LogP contribution in [0, 0.1) is 10.1 Å². The lowest BCUT2D eigenvalue weighted by atomic mass is 10.2. The molecule has 0 aliphatic carbocycles. The predicted octanol–water partition coefficient (Wildman–Crippen LogP) is 1.94. The van der Waals surface area contributed by atoms with Crippen LogP contribution in [0.3, 0.4) is 0 Å². The van der Waals surface area contributed by atoms with Gasteiger partial charge in [-0.3, -0.25) is 10.1 Å². The summed E-state index contributed by atoms with van der Waals surface area (Å²) in [4.78, 5) is 9.98. The average molecular weight is 218 g/mol. The summed E-state index contributed by atoms with van der Waals surface area (Å²) >= 11 is 0. The minimum Gasteiger partial charge on any atom is -0.369 e. The van der Waals surface area contributed by atoms with Crippen LogP contribution in [0.4, 0.5) is 5.69 Å². The third kappa shape index (κ3) is 1.94. The Morgan fingerprint density at radius 2 is 1.75 bits per heavy atom. The van der Waals surface area contributed by atoms with Crippen molar-refractivity contribution in [3.8, 4) is 0 Å². The number of aliphatic hydroxyl groups is 1. The number of aliphatic hydroxyl groups excluding tert-OH is 1. The van der Waals surface area contributed by atoms with Crippen LogP contribution in [0.2, 0.25) is 0 Å². The topological polar surface area (TPSA) is 68.3 Å². The molecule has 0 bridgehead atoms. The normalized spacial score (nSPS) is 12.3. The molecule has 0 saturated carbocycles. The fourth-order valence-corrected chi connectivity index (χ4v) is 1.45. The van der Waals surface area contributed by atoms with Crippen molar-refractivity contribution < 1.29 is 10.0 Å². The van der Waals surface area contributed by atoms with Crippen molar-refractivity contribution in [3.63, 3.8) is 0 Å². The number of nitrogens with zero attached hydrogens (tertiary/aromatic N) is 2. The van der Waals surface area contributed by atoms with Crippen LogP contribution < -0.4 is 0 Å². The summed E-state index contributed by atoms with van der Waals surface area (Å²) in [6.45, 7) is 0. The van der Waals surface area contributed by atoms with Gasteiger partial charge >= 0.3 is 0 Å². The van der Waals surface area contributed by atoms with E-state index in [9.17, 15) is 15.2 Å². The van der Waals surface area contributed by atoms with E-state index < -0.39 is 11.2 Å². The van der Waals surface area contributed by atoms with Crippen LogP contribution in [0.5, 0.6) is 0 Å². The van der Waals surface area contributed by atoms with Crippen molar-refractivity contribution in [2.45, 2.75) is 6.23 Å². The number of nitro benzene ring substituents is 1. The molecule has 0 saturated heterocycles. The first kappa shape index (κ1) is 10.4. The zero-order valence-corrected chi connectivity index (χ0v) is 8.35. The van der Waals surface area contributed by atoms with E-state index in [1.807, 2.05) is 0 Å². The molecule has 1 N–H and O–H groups in total. The Morgan fingerprint density at radius 1 is 1.19 bits per heavy atom. The van der Waals surface area contributed by atoms with Crippen LogP contribution in [-0.4, -0.2) is 14.6 Å². The number of hydrogen-bond donors (Lipinski definition) is 1. The summed E-state index contributed by atoms with van der Waals surface area (Å²) in [6.07, 6.45) is 2.65. The summed E-state index contributed by atoms with van der Waals surface area (Å²) in [6, 6.07) is 9.44. The van der Waals surface area contributed by atoms with Gasteiger partial charge in [-0.15, -0.1) is 0 Å². The maximum absolute atomic E-state index is 10.4. The molecule has 2 rings (SSSR count). The van der Waals surface area contributed by atoms with Crippen molar-refractivity contribution in [1.29, 1.82) is 0 Å². The first-order chi connectivity index (χ1) is 7.68. The van der Waals surface area contributed by atoms with Gasteiger partial charge in [0.1, 0.15) is 0 Å². The van der Waals surface area contributed by atoms with E-state index >= 15 is 0 Å². The molecule has 0 amide bonds. The molecule has 0 spiro atoms. The summed E-state index contributed by atoms with van der Waals surface area (Å²) in [5, 5.41) is 20.4. The number of non-ortho nitro benzene ring substituents is 1. The van der Waals surface area contributed by atoms with E-state index in [1.165, 1.54) is 12.1 Å². The molecule has 2 aromatic rings. The van der Waals surface area contributed by atoms with Crippen molar-refractivity contribution in [1.82, 2.24) is 4.57 Å². The third-order valence-corrected chi connectivity index (χ3v) is 2.31. The lowest BCUT2D eigenvalue weighted by molar-refractivity contribution is -0.384. The minimum atomic E-state index is -0.809. The Bertz CT molecular complexity index is 476. The van der Waals surface area contributed by atoms with Gasteiger partial charge in [-0.2, -0.15) is 0 Å². The molecule has 0 aliphatic heterocycles. The zero-order chi connectivity index (χ0) is 11.5. The van der Waals surface area contributed by atoms with Gasteiger partial charge in [0.25, 0.3) is 5.69 Å². The number of hydrogen-bond acceptors (Lipinski definition) is 3. The molecule has 16 heavy (non-hydrogen) atoms. The Labute approximate surface area is 91.7 Å². The highest BCUT2D eigenvalue weighted by Crippen LogP contribution is 2.19. The lowest BCUT2D eigenvalue weighted by Crippen LogP contribution is -2.07.